The second-order valence-electron chi connectivity index (χ2n) is 4.88. The minimum Gasteiger partial charge on any atom is -0.431 e. The standard InChI is InChI=1S/C14H16O3/c1-16-13-14(8-4-5-9-14)11-7-3-2-6-10(11)12(15)17-13/h2-3,6-7,13H,4-5,8-9H2,1H3. The van der Waals surface area contributed by atoms with Gasteiger partial charge in [-0.2, -0.15) is 0 Å². The summed E-state index contributed by atoms with van der Waals surface area (Å²) >= 11 is 0. The van der Waals surface area contributed by atoms with E-state index < -0.39 is 6.29 Å². The predicted octanol–water partition coefficient (Wildman–Crippen LogP) is 2.64. The average molecular weight is 232 g/mol. The van der Waals surface area contributed by atoms with Crippen molar-refractivity contribution in [2.75, 3.05) is 7.11 Å². The van der Waals surface area contributed by atoms with Crippen LogP contribution in [0.4, 0.5) is 0 Å². The largest absolute Gasteiger partial charge is 0.431 e. The lowest BCUT2D eigenvalue weighted by Gasteiger charge is -2.40. The van der Waals surface area contributed by atoms with Gasteiger partial charge >= 0.3 is 5.97 Å². The number of fused-ring (bicyclic) bond motifs is 2. The number of rotatable bonds is 1. The van der Waals surface area contributed by atoms with Crippen molar-refractivity contribution >= 4 is 5.97 Å². The molecular weight excluding hydrogens is 216 g/mol. The third-order valence-corrected chi connectivity index (χ3v) is 4.06. The highest BCUT2D eigenvalue weighted by Crippen LogP contribution is 2.48. The molecule has 17 heavy (non-hydrogen) atoms. The summed E-state index contributed by atoms with van der Waals surface area (Å²) in [5.41, 5.74) is 1.71. The fourth-order valence-electron chi connectivity index (χ4n) is 3.28. The number of carbonyl (C=O) groups excluding carboxylic acids is 1. The van der Waals surface area contributed by atoms with E-state index in [0.717, 1.165) is 18.4 Å². The Kier molecular flexibility index (Phi) is 2.44. The molecule has 1 aliphatic carbocycles. The first-order chi connectivity index (χ1) is 8.28. The van der Waals surface area contributed by atoms with Crippen LogP contribution in [-0.2, 0) is 14.9 Å². The first-order valence-corrected chi connectivity index (χ1v) is 6.11. The number of esters is 1. The van der Waals surface area contributed by atoms with Crippen LogP contribution in [0.25, 0.3) is 0 Å². The maximum atomic E-state index is 11.9. The van der Waals surface area contributed by atoms with Gasteiger partial charge in [-0.3, -0.25) is 0 Å². The third kappa shape index (κ3) is 1.42. The summed E-state index contributed by atoms with van der Waals surface area (Å²) in [5.74, 6) is -0.259. The molecule has 0 N–H and O–H groups in total. The summed E-state index contributed by atoms with van der Waals surface area (Å²) in [7, 11) is 1.62. The van der Waals surface area contributed by atoms with Crippen molar-refractivity contribution in [2.45, 2.75) is 37.4 Å². The molecular formula is C14H16O3. The molecule has 0 bridgehead atoms. The maximum absolute atomic E-state index is 11.9. The van der Waals surface area contributed by atoms with Gasteiger partial charge in [0.05, 0.1) is 11.0 Å². The van der Waals surface area contributed by atoms with Crippen LogP contribution < -0.4 is 0 Å². The molecule has 1 saturated carbocycles. The molecule has 2 aliphatic rings. The van der Waals surface area contributed by atoms with Gasteiger partial charge in [-0.25, -0.2) is 4.79 Å². The lowest BCUT2D eigenvalue weighted by Crippen LogP contribution is -2.46. The Balaban J connectivity index is 2.17. The molecule has 1 aromatic rings. The smallest absolute Gasteiger partial charge is 0.340 e. The van der Waals surface area contributed by atoms with Gasteiger partial charge in [-0.1, -0.05) is 31.0 Å². The van der Waals surface area contributed by atoms with E-state index >= 15 is 0 Å². The van der Waals surface area contributed by atoms with E-state index in [0.29, 0.717) is 5.56 Å². The van der Waals surface area contributed by atoms with Gasteiger partial charge in [-0.05, 0) is 24.5 Å². The number of hydrogen-bond donors (Lipinski definition) is 0. The third-order valence-electron chi connectivity index (χ3n) is 4.06. The zero-order valence-corrected chi connectivity index (χ0v) is 9.94. The van der Waals surface area contributed by atoms with E-state index in [1.807, 2.05) is 24.3 Å². The summed E-state index contributed by atoms with van der Waals surface area (Å²) in [6.07, 6.45) is 4.00. The molecule has 1 aliphatic heterocycles. The number of hydrogen-bond acceptors (Lipinski definition) is 3. The molecule has 3 rings (SSSR count). The highest BCUT2D eigenvalue weighted by atomic mass is 16.7. The molecule has 1 spiro atoms. The van der Waals surface area contributed by atoms with E-state index in [2.05, 4.69) is 0 Å². The Morgan fingerprint density at radius 3 is 2.71 bits per heavy atom. The van der Waals surface area contributed by atoms with Crippen molar-refractivity contribution in [1.29, 1.82) is 0 Å². The van der Waals surface area contributed by atoms with Gasteiger partial charge in [0, 0.05) is 7.11 Å². The van der Waals surface area contributed by atoms with Crippen LogP contribution in [0.15, 0.2) is 24.3 Å². The zero-order valence-electron chi connectivity index (χ0n) is 9.94. The van der Waals surface area contributed by atoms with Crippen LogP contribution in [0.5, 0.6) is 0 Å². The minimum atomic E-state index is -0.424. The fourth-order valence-corrected chi connectivity index (χ4v) is 3.28. The molecule has 1 atom stereocenters. The molecule has 1 fully saturated rings. The Morgan fingerprint density at radius 1 is 1.29 bits per heavy atom. The highest BCUT2D eigenvalue weighted by molar-refractivity contribution is 5.93. The lowest BCUT2D eigenvalue weighted by atomic mass is 9.74. The first-order valence-electron chi connectivity index (χ1n) is 6.11. The predicted molar refractivity (Wildman–Crippen MR) is 62.8 cm³/mol. The van der Waals surface area contributed by atoms with Crippen molar-refractivity contribution in [2.24, 2.45) is 0 Å². The Morgan fingerprint density at radius 2 is 2.00 bits per heavy atom. The topological polar surface area (TPSA) is 35.5 Å². The van der Waals surface area contributed by atoms with Crippen LogP contribution in [0.2, 0.25) is 0 Å². The minimum absolute atomic E-state index is 0.112. The normalized spacial score (nSPS) is 25.7. The van der Waals surface area contributed by atoms with E-state index in [1.165, 1.54) is 12.8 Å². The van der Waals surface area contributed by atoms with Crippen LogP contribution in [-0.4, -0.2) is 19.4 Å². The van der Waals surface area contributed by atoms with Crippen LogP contribution >= 0.6 is 0 Å². The van der Waals surface area contributed by atoms with Gasteiger partial charge in [0.25, 0.3) is 0 Å². The van der Waals surface area contributed by atoms with Crippen molar-refractivity contribution in [1.82, 2.24) is 0 Å². The first kappa shape index (κ1) is 10.8. The number of carbonyl (C=O) groups is 1. The summed E-state index contributed by atoms with van der Waals surface area (Å²) in [4.78, 5) is 11.9. The molecule has 0 saturated heterocycles. The SMILES string of the molecule is COC1OC(=O)c2ccccc2C12CCCC2. The van der Waals surface area contributed by atoms with Crippen LogP contribution in [0.1, 0.15) is 41.6 Å². The van der Waals surface area contributed by atoms with E-state index in [4.69, 9.17) is 9.47 Å². The summed E-state index contributed by atoms with van der Waals surface area (Å²) in [6, 6.07) is 7.77. The molecule has 3 heteroatoms. The van der Waals surface area contributed by atoms with Crippen molar-refractivity contribution in [3.05, 3.63) is 35.4 Å². The van der Waals surface area contributed by atoms with Gasteiger partial charge in [0.15, 0.2) is 0 Å². The zero-order chi connectivity index (χ0) is 11.9. The molecule has 0 amide bonds. The molecule has 1 heterocycles. The van der Waals surface area contributed by atoms with Gasteiger partial charge in [0.1, 0.15) is 0 Å². The van der Waals surface area contributed by atoms with Gasteiger partial charge in [-0.15, -0.1) is 0 Å². The molecule has 0 aromatic heterocycles. The fraction of sp³-hybridized carbons (Fsp3) is 0.500. The Hall–Kier alpha value is -1.35. The highest BCUT2D eigenvalue weighted by Gasteiger charge is 2.50. The molecule has 1 aromatic carbocycles. The Bertz CT molecular complexity index is 447. The average Bonchev–Trinajstić information content (AvgIpc) is 2.85. The summed E-state index contributed by atoms with van der Waals surface area (Å²) < 4.78 is 10.9. The monoisotopic (exact) mass is 232 g/mol. The number of methoxy groups -OCH3 is 1. The number of benzene rings is 1. The Labute approximate surface area is 101 Å². The molecule has 1 unspecified atom stereocenters. The van der Waals surface area contributed by atoms with E-state index in [1.54, 1.807) is 7.11 Å². The quantitative estimate of drug-likeness (QED) is 0.698. The van der Waals surface area contributed by atoms with Gasteiger partial charge in [0.2, 0.25) is 6.29 Å². The van der Waals surface area contributed by atoms with Crippen molar-refractivity contribution in [3.8, 4) is 0 Å². The van der Waals surface area contributed by atoms with Crippen molar-refractivity contribution in [3.63, 3.8) is 0 Å². The number of cyclic esters (lactones) is 1. The second-order valence-corrected chi connectivity index (χ2v) is 4.88. The summed E-state index contributed by atoms with van der Waals surface area (Å²) in [6.45, 7) is 0. The maximum Gasteiger partial charge on any atom is 0.340 e. The van der Waals surface area contributed by atoms with Crippen LogP contribution in [0.3, 0.4) is 0 Å². The molecule has 3 nitrogen and oxygen atoms in total. The van der Waals surface area contributed by atoms with E-state index in [-0.39, 0.29) is 11.4 Å². The molecule has 90 valence electrons. The van der Waals surface area contributed by atoms with Crippen molar-refractivity contribution < 1.29 is 14.3 Å². The lowest BCUT2D eigenvalue weighted by molar-refractivity contribution is -0.140. The van der Waals surface area contributed by atoms with E-state index in [9.17, 15) is 4.79 Å². The number of ether oxygens (including phenoxy) is 2. The molecule has 0 radical (unpaired) electrons. The van der Waals surface area contributed by atoms with Crippen LogP contribution in [0, 0.1) is 0 Å². The van der Waals surface area contributed by atoms with Gasteiger partial charge < -0.3 is 9.47 Å². The second kappa shape index (κ2) is 3.84. The summed E-state index contributed by atoms with van der Waals surface area (Å²) in [5, 5.41) is 0.